The average Bonchev–Trinajstić information content (AvgIpc) is 3.23. The molecule has 1 aliphatic carbocycles. The highest BCUT2D eigenvalue weighted by Gasteiger charge is 2.28. The lowest BCUT2D eigenvalue weighted by Crippen LogP contribution is -2.41. The molecule has 0 radical (unpaired) electrons. The number of rotatable bonds is 6. The van der Waals surface area contributed by atoms with Crippen molar-refractivity contribution >= 4 is 45.1 Å². The Morgan fingerprint density at radius 1 is 1.03 bits per heavy atom. The van der Waals surface area contributed by atoms with E-state index in [0.717, 1.165) is 10.9 Å². The first-order chi connectivity index (χ1) is 17.7. The van der Waals surface area contributed by atoms with Crippen LogP contribution in [-0.4, -0.2) is 28.4 Å². The van der Waals surface area contributed by atoms with Gasteiger partial charge in [0.1, 0.15) is 5.76 Å². The minimum atomic E-state index is -0.612. The van der Waals surface area contributed by atoms with Crippen molar-refractivity contribution in [2.75, 3.05) is 0 Å². The van der Waals surface area contributed by atoms with Crippen LogP contribution in [0.3, 0.4) is 0 Å². The molecule has 1 aromatic heterocycles. The van der Waals surface area contributed by atoms with Crippen LogP contribution in [0.4, 0.5) is 5.69 Å². The van der Waals surface area contributed by atoms with E-state index in [4.69, 9.17) is 4.42 Å². The number of hydrogen-bond donors (Lipinski definition) is 3. The highest BCUT2D eigenvalue weighted by atomic mass is 79.9. The molecule has 3 amide bonds. The summed E-state index contributed by atoms with van der Waals surface area (Å²) in [7, 11) is 0. The van der Waals surface area contributed by atoms with Gasteiger partial charge in [-0.05, 0) is 49.6 Å². The van der Waals surface area contributed by atoms with Crippen molar-refractivity contribution in [1.82, 2.24) is 16.3 Å². The number of non-ortho nitro benzene ring substituents is 1. The quantitative estimate of drug-likeness (QED) is 0.304. The summed E-state index contributed by atoms with van der Waals surface area (Å²) in [6.07, 6.45) is 1.90. The standard InChI is InChI=1S/C25H22BrN5O6/c1-14-22-19(27-28-21(32)13-15-5-11-18(12-6-15)31(35)36)3-2-4-20(22)37-23(14)25(34)30-29-24(33)16-7-9-17(26)10-8-16/h5-12H,2-4,13H2,1H3,(H,28,32)(H,29,33)(H,30,34)/b27-19+. The van der Waals surface area contributed by atoms with E-state index in [1.165, 1.54) is 24.3 Å². The summed E-state index contributed by atoms with van der Waals surface area (Å²) >= 11 is 3.30. The number of hydrogen-bond acceptors (Lipinski definition) is 7. The van der Waals surface area contributed by atoms with Gasteiger partial charge in [-0.25, -0.2) is 5.43 Å². The van der Waals surface area contributed by atoms with Gasteiger partial charge in [0, 0.05) is 39.7 Å². The molecular weight excluding hydrogens is 546 g/mol. The number of nitro groups is 1. The Balaban J connectivity index is 1.41. The summed E-state index contributed by atoms with van der Waals surface area (Å²) in [6, 6.07) is 12.4. The van der Waals surface area contributed by atoms with Crippen LogP contribution in [0.1, 0.15) is 56.2 Å². The first-order valence-electron chi connectivity index (χ1n) is 11.3. The monoisotopic (exact) mass is 567 g/mol. The van der Waals surface area contributed by atoms with Crippen molar-refractivity contribution in [2.24, 2.45) is 5.10 Å². The van der Waals surface area contributed by atoms with Crippen molar-refractivity contribution in [3.05, 3.63) is 96.9 Å². The molecular formula is C25H22BrN5O6. The van der Waals surface area contributed by atoms with E-state index in [-0.39, 0.29) is 23.8 Å². The SMILES string of the molecule is Cc1c(C(=O)NNC(=O)c2ccc(Br)cc2)oc2c1/C(=N/NC(=O)Cc1ccc([N+](=O)[O-])cc1)CCC2. The van der Waals surface area contributed by atoms with Crippen LogP contribution >= 0.6 is 15.9 Å². The minimum absolute atomic E-state index is 0.00226. The number of benzene rings is 2. The summed E-state index contributed by atoms with van der Waals surface area (Å²) in [5, 5.41) is 15.0. The van der Waals surface area contributed by atoms with Crippen LogP contribution in [0, 0.1) is 17.0 Å². The van der Waals surface area contributed by atoms with Gasteiger partial charge < -0.3 is 4.42 Å². The van der Waals surface area contributed by atoms with Crippen molar-refractivity contribution in [3.8, 4) is 0 Å². The Labute approximate surface area is 219 Å². The van der Waals surface area contributed by atoms with Crippen molar-refractivity contribution in [1.29, 1.82) is 0 Å². The fourth-order valence-corrected chi connectivity index (χ4v) is 4.20. The lowest BCUT2D eigenvalue weighted by atomic mass is 9.93. The van der Waals surface area contributed by atoms with Crippen LogP contribution in [0.25, 0.3) is 0 Å². The second-order valence-electron chi connectivity index (χ2n) is 8.32. The van der Waals surface area contributed by atoms with Crippen molar-refractivity contribution < 1.29 is 23.7 Å². The maximum absolute atomic E-state index is 12.7. The van der Waals surface area contributed by atoms with Crippen LogP contribution < -0.4 is 16.3 Å². The maximum Gasteiger partial charge on any atom is 0.305 e. The summed E-state index contributed by atoms with van der Waals surface area (Å²) in [4.78, 5) is 47.7. The van der Waals surface area contributed by atoms with Gasteiger partial charge in [0.15, 0.2) is 5.76 Å². The number of carbonyl (C=O) groups excluding carboxylic acids is 3. The third kappa shape index (κ3) is 6.09. The number of hydrazine groups is 1. The largest absolute Gasteiger partial charge is 0.455 e. The minimum Gasteiger partial charge on any atom is -0.455 e. The number of aryl methyl sites for hydroxylation is 1. The average molecular weight is 568 g/mol. The summed E-state index contributed by atoms with van der Waals surface area (Å²) in [5.41, 5.74) is 9.98. The summed E-state index contributed by atoms with van der Waals surface area (Å²) in [6.45, 7) is 1.72. The van der Waals surface area contributed by atoms with E-state index in [1.807, 2.05) is 0 Å². The van der Waals surface area contributed by atoms with Crippen LogP contribution in [0.5, 0.6) is 0 Å². The number of fused-ring (bicyclic) bond motifs is 1. The molecule has 11 nitrogen and oxygen atoms in total. The van der Waals surface area contributed by atoms with E-state index in [2.05, 4.69) is 37.3 Å². The van der Waals surface area contributed by atoms with Gasteiger partial charge in [0.05, 0.1) is 17.1 Å². The summed E-state index contributed by atoms with van der Waals surface area (Å²) < 4.78 is 6.62. The number of nitrogens with one attached hydrogen (secondary N) is 3. The van der Waals surface area contributed by atoms with Crippen LogP contribution in [0.2, 0.25) is 0 Å². The van der Waals surface area contributed by atoms with Gasteiger partial charge in [-0.3, -0.25) is 35.3 Å². The molecule has 0 unspecified atom stereocenters. The molecule has 190 valence electrons. The fourth-order valence-electron chi connectivity index (χ4n) is 3.93. The first kappa shape index (κ1) is 25.8. The maximum atomic E-state index is 12.7. The summed E-state index contributed by atoms with van der Waals surface area (Å²) in [5.74, 6) is -0.848. The predicted molar refractivity (Wildman–Crippen MR) is 137 cm³/mol. The molecule has 0 saturated carbocycles. The number of furan rings is 1. The first-order valence-corrected chi connectivity index (χ1v) is 12.1. The van der Waals surface area contributed by atoms with Crippen molar-refractivity contribution in [3.63, 3.8) is 0 Å². The zero-order valence-corrected chi connectivity index (χ0v) is 21.3. The lowest BCUT2D eigenvalue weighted by Gasteiger charge is -2.13. The van der Waals surface area contributed by atoms with Crippen LogP contribution in [-0.2, 0) is 17.6 Å². The molecule has 1 heterocycles. The second-order valence-corrected chi connectivity index (χ2v) is 9.23. The molecule has 0 spiro atoms. The van der Waals surface area contributed by atoms with Gasteiger partial charge in [0.25, 0.3) is 11.6 Å². The molecule has 0 saturated heterocycles. The third-order valence-electron chi connectivity index (χ3n) is 5.76. The predicted octanol–water partition coefficient (Wildman–Crippen LogP) is 3.73. The van der Waals surface area contributed by atoms with Gasteiger partial charge in [-0.1, -0.05) is 28.1 Å². The number of nitro benzene ring substituents is 1. The van der Waals surface area contributed by atoms with Gasteiger partial charge in [-0.15, -0.1) is 0 Å². The van der Waals surface area contributed by atoms with E-state index in [0.29, 0.717) is 46.6 Å². The number of nitrogens with zero attached hydrogens (tertiary/aromatic N) is 2. The molecule has 0 bridgehead atoms. The van der Waals surface area contributed by atoms with E-state index in [1.54, 1.807) is 31.2 Å². The number of halogens is 1. The molecule has 0 fully saturated rings. The number of carbonyl (C=O) groups is 3. The van der Waals surface area contributed by atoms with Crippen LogP contribution in [0.15, 0.2) is 62.5 Å². The highest BCUT2D eigenvalue weighted by Crippen LogP contribution is 2.29. The zero-order valence-electron chi connectivity index (χ0n) is 19.7. The molecule has 3 N–H and O–H groups in total. The van der Waals surface area contributed by atoms with Gasteiger partial charge in [-0.2, -0.15) is 5.10 Å². The van der Waals surface area contributed by atoms with E-state index >= 15 is 0 Å². The Morgan fingerprint density at radius 3 is 2.38 bits per heavy atom. The molecule has 2 aromatic carbocycles. The Hall–Kier alpha value is -4.32. The Kier molecular flexibility index (Phi) is 7.77. The topological polar surface area (TPSA) is 156 Å². The number of amides is 3. The van der Waals surface area contributed by atoms with Gasteiger partial charge in [0.2, 0.25) is 5.91 Å². The van der Waals surface area contributed by atoms with E-state index in [9.17, 15) is 24.5 Å². The third-order valence-corrected chi connectivity index (χ3v) is 6.28. The highest BCUT2D eigenvalue weighted by molar-refractivity contribution is 9.10. The lowest BCUT2D eigenvalue weighted by molar-refractivity contribution is -0.384. The Bertz CT molecular complexity index is 1400. The zero-order chi connectivity index (χ0) is 26.5. The number of hydrazone groups is 1. The Morgan fingerprint density at radius 2 is 1.70 bits per heavy atom. The molecule has 0 atom stereocenters. The normalized spacial score (nSPS) is 13.5. The van der Waals surface area contributed by atoms with Gasteiger partial charge >= 0.3 is 5.91 Å². The molecule has 3 aromatic rings. The molecule has 0 aliphatic heterocycles. The molecule has 4 rings (SSSR count). The van der Waals surface area contributed by atoms with E-state index < -0.39 is 16.7 Å². The molecule has 37 heavy (non-hydrogen) atoms. The smallest absolute Gasteiger partial charge is 0.305 e. The molecule has 1 aliphatic rings. The van der Waals surface area contributed by atoms with Crippen molar-refractivity contribution in [2.45, 2.75) is 32.6 Å². The molecule has 12 heteroatoms. The fraction of sp³-hybridized carbons (Fsp3) is 0.200. The second kappa shape index (κ2) is 11.2.